The second-order valence-corrected chi connectivity index (χ2v) is 9.22. The number of aryl methyl sites for hydroxylation is 1. The van der Waals surface area contributed by atoms with E-state index in [1.807, 2.05) is 13.0 Å². The van der Waals surface area contributed by atoms with Gasteiger partial charge in [0.05, 0.1) is 36.1 Å². The van der Waals surface area contributed by atoms with Gasteiger partial charge in [-0.25, -0.2) is 14.1 Å². The molecule has 1 aliphatic carbocycles. The molecule has 1 saturated carbocycles. The number of carbonyl (C=O) groups excluding carboxylic acids is 2. The van der Waals surface area contributed by atoms with Crippen LogP contribution in [0.15, 0.2) is 23.1 Å². The molecule has 2 aliphatic rings. The predicted molar refractivity (Wildman–Crippen MR) is 117 cm³/mol. The lowest BCUT2D eigenvalue weighted by Gasteiger charge is -2.22. The summed E-state index contributed by atoms with van der Waals surface area (Å²) in [5, 5.41) is 21.2. The van der Waals surface area contributed by atoms with Crippen LogP contribution >= 0.6 is 0 Å². The minimum Gasteiger partial charge on any atom is -0.349 e. The van der Waals surface area contributed by atoms with E-state index < -0.39 is 0 Å². The smallest absolute Gasteiger partial charge is 0.276 e. The van der Waals surface area contributed by atoms with Crippen LogP contribution in [0.25, 0.3) is 5.65 Å². The summed E-state index contributed by atoms with van der Waals surface area (Å²) in [4.78, 5) is 30.0. The molecule has 3 aromatic rings. The molecule has 4 heterocycles. The molecule has 3 aromatic heterocycles. The molecule has 0 spiro atoms. The topological polar surface area (TPSA) is 139 Å². The van der Waals surface area contributed by atoms with Crippen molar-refractivity contribution in [1.82, 2.24) is 40.9 Å². The Morgan fingerprint density at radius 1 is 1.24 bits per heavy atom. The van der Waals surface area contributed by atoms with E-state index in [0.717, 1.165) is 31.5 Å². The van der Waals surface area contributed by atoms with Crippen LogP contribution in [0.5, 0.6) is 0 Å². The van der Waals surface area contributed by atoms with Crippen LogP contribution in [0.1, 0.15) is 66.2 Å². The molecule has 1 aliphatic heterocycles. The fourth-order valence-corrected chi connectivity index (χ4v) is 4.39. The van der Waals surface area contributed by atoms with Gasteiger partial charge in [-0.1, -0.05) is 12.1 Å². The van der Waals surface area contributed by atoms with Gasteiger partial charge in [-0.15, -0.1) is 0 Å². The number of nitrogens with one attached hydrogen (secondary N) is 3. The second-order valence-electron chi connectivity index (χ2n) is 9.22. The van der Waals surface area contributed by atoms with Crippen LogP contribution in [0.2, 0.25) is 0 Å². The molecule has 11 nitrogen and oxygen atoms in total. The predicted octanol–water partition coefficient (Wildman–Crippen LogP) is 1.33. The number of hydrogen-bond acceptors (Lipinski definition) is 8. The summed E-state index contributed by atoms with van der Waals surface area (Å²) in [6.07, 6.45) is 5.77. The zero-order valence-corrected chi connectivity index (χ0v) is 18.9. The molecule has 1 saturated heterocycles. The van der Waals surface area contributed by atoms with Gasteiger partial charge in [0.2, 0.25) is 5.91 Å². The van der Waals surface area contributed by atoms with Gasteiger partial charge < -0.3 is 16.0 Å². The largest absolute Gasteiger partial charge is 0.349 e. The highest BCUT2D eigenvalue weighted by Crippen LogP contribution is 2.41. The maximum absolute atomic E-state index is 12.9. The molecular formula is C22H28N8O3. The highest BCUT2D eigenvalue weighted by atomic mass is 16.6. The zero-order valence-electron chi connectivity index (χ0n) is 18.9. The Hall–Kier alpha value is -3.34. The molecule has 174 valence electrons. The van der Waals surface area contributed by atoms with E-state index in [1.165, 1.54) is 0 Å². The third-order valence-electron chi connectivity index (χ3n) is 6.62. The van der Waals surface area contributed by atoms with E-state index in [9.17, 15) is 9.59 Å². The minimum atomic E-state index is -0.376. The molecule has 0 bridgehead atoms. The van der Waals surface area contributed by atoms with Crippen molar-refractivity contribution in [3.63, 3.8) is 0 Å². The number of carbonyl (C=O) groups is 2. The SMILES string of the molecule is Cc1nonc1C(=O)N[C@@H](C)c1cn2ncc([C@H](NC(=O)[C@H]3CNC[C@@H]3C)C3CC3)cc2n1. The highest BCUT2D eigenvalue weighted by molar-refractivity contribution is 5.93. The van der Waals surface area contributed by atoms with Crippen molar-refractivity contribution in [3.8, 4) is 0 Å². The molecule has 4 atom stereocenters. The van der Waals surface area contributed by atoms with Crippen molar-refractivity contribution >= 4 is 17.5 Å². The van der Waals surface area contributed by atoms with Gasteiger partial charge in [-0.2, -0.15) is 5.10 Å². The first-order valence-corrected chi connectivity index (χ1v) is 11.4. The van der Waals surface area contributed by atoms with Gasteiger partial charge in [-0.3, -0.25) is 9.59 Å². The summed E-state index contributed by atoms with van der Waals surface area (Å²) in [6.45, 7) is 7.20. The molecule has 0 unspecified atom stereocenters. The van der Waals surface area contributed by atoms with Crippen molar-refractivity contribution in [3.05, 3.63) is 41.1 Å². The van der Waals surface area contributed by atoms with Crippen LogP contribution in [0.3, 0.4) is 0 Å². The van der Waals surface area contributed by atoms with E-state index in [-0.39, 0.29) is 35.5 Å². The standard InChI is InChI=1S/C22H28N8O3/c1-11-7-23-9-16(11)21(31)27-20(14-4-5-14)15-6-18-26-17(10-30(18)24-8-15)12(2)25-22(32)19-13(3)28-33-29-19/h6,8,10-12,14,16,20,23H,4-5,7,9H2,1-3H3,(H,25,32)(H,27,31)/t11-,12-,16-,20+/m0/s1. The molecule has 3 N–H and O–H groups in total. The van der Waals surface area contributed by atoms with Gasteiger partial charge in [0.1, 0.15) is 5.69 Å². The number of hydrogen-bond donors (Lipinski definition) is 3. The maximum Gasteiger partial charge on any atom is 0.276 e. The Bertz CT molecular complexity index is 1180. The first-order valence-electron chi connectivity index (χ1n) is 11.4. The van der Waals surface area contributed by atoms with Crippen LogP contribution in [0, 0.1) is 24.7 Å². The summed E-state index contributed by atoms with van der Waals surface area (Å²) < 4.78 is 6.28. The second kappa shape index (κ2) is 8.54. The Morgan fingerprint density at radius 2 is 2.06 bits per heavy atom. The third kappa shape index (κ3) is 4.32. The van der Waals surface area contributed by atoms with Crippen LogP contribution < -0.4 is 16.0 Å². The number of fused-ring (bicyclic) bond motifs is 1. The van der Waals surface area contributed by atoms with Gasteiger partial charge in [0, 0.05) is 6.54 Å². The van der Waals surface area contributed by atoms with E-state index >= 15 is 0 Å². The molecule has 5 rings (SSSR count). The van der Waals surface area contributed by atoms with Crippen LogP contribution in [0.4, 0.5) is 0 Å². The zero-order chi connectivity index (χ0) is 23.1. The highest BCUT2D eigenvalue weighted by Gasteiger charge is 2.37. The minimum absolute atomic E-state index is 0.00557. The average Bonchev–Trinajstić information content (AvgIpc) is 3.17. The summed E-state index contributed by atoms with van der Waals surface area (Å²) in [7, 11) is 0. The summed E-state index contributed by atoms with van der Waals surface area (Å²) in [5.41, 5.74) is 2.87. The lowest BCUT2D eigenvalue weighted by atomic mass is 9.95. The summed E-state index contributed by atoms with van der Waals surface area (Å²) in [6, 6.07) is 1.54. The first-order chi connectivity index (χ1) is 15.9. The van der Waals surface area contributed by atoms with Crippen molar-refractivity contribution in [1.29, 1.82) is 0 Å². The molecule has 2 amide bonds. The fourth-order valence-electron chi connectivity index (χ4n) is 4.39. The number of aromatic nitrogens is 5. The van der Waals surface area contributed by atoms with E-state index in [0.29, 0.717) is 28.9 Å². The van der Waals surface area contributed by atoms with Crippen LogP contribution in [-0.2, 0) is 4.79 Å². The van der Waals surface area contributed by atoms with Gasteiger partial charge in [0.25, 0.3) is 5.91 Å². The lowest BCUT2D eigenvalue weighted by Crippen LogP contribution is -2.37. The quantitative estimate of drug-likeness (QED) is 0.488. The molecule has 11 heteroatoms. The van der Waals surface area contributed by atoms with Crippen LogP contribution in [-0.4, -0.2) is 49.8 Å². The first kappa shape index (κ1) is 21.5. The monoisotopic (exact) mass is 452 g/mol. The number of amides is 2. The van der Waals surface area contributed by atoms with E-state index in [4.69, 9.17) is 0 Å². The normalized spacial score (nSPS) is 22.3. The molecule has 0 radical (unpaired) electrons. The van der Waals surface area contributed by atoms with Crippen molar-refractivity contribution in [2.24, 2.45) is 17.8 Å². The maximum atomic E-state index is 12.9. The molecular weight excluding hydrogens is 424 g/mol. The van der Waals surface area contributed by atoms with Crippen molar-refractivity contribution in [2.45, 2.75) is 45.7 Å². The van der Waals surface area contributed by atoms with E-state index in [1.54, 1.807) is 23.8 Å². The third-order valence-corrected chi connectivity index (χ3v) is 6.62. The number of nitrogens with zero attached hydrogens (tertiary/aromatic N) is 5. The number of imidazole rings is 1. The van der Waals surface area contributed by atoms with Crippen molar-refractivity contribution < 1.29 is 14.2 Å². The van der Waals surface area contributed by atoms with Crippen molar-refractivity contribution in [2.75, 3.05) is 13.1 Å². The Labute approximate surface area is 190 Å². The Kier molecular flexibility index (Phi) is 5.57. The lowest BCUT2D eigenvalue weighted by molar-refractivity contribution is -0.126. The summed E-state index contributed by atoms with van der Waals surface area (Å²) in [5.74, 6) is 0.471. The average molecular weight is 453 g/mol. The Morgan fingerprint density at radius 3 is 2.73 bits per heavy atom. The van der Waals surface area contributed by atoms with Gasteiger partial charge in [0.15, 0.2) is 11.3 Å². The fraction of sp³-hybridized carbons (Fsp3) is 0.545. The molecule has 33 heavy (non-hydrogen) atoms. The van der Waals surface area contributed by atoms with E-state index in [2.05, 4.69) is 47.9 Å². The molecule has 0 aromatic carbocycles. The number of rotatable bonds is 7. The summed E-state index contributed by atoms with van der Waals surface area (Å²) >= 11 is 0. The van der Waals surface area contributed by atoms with Gasteiger partial charge in [-0.05, 0) is 61.9 Å². The molecule has 2 fully saturated rings. The van der Waals surface area contributed by atoms with Gasteiger partial charge >= 0.3 is 0 Å². The Balaban J connectivity index is 1.33.